The van der Waals surface area contributed by atoms with Crippen LogP contribution in [0.25, 0.3) is 28.1 Å². The fourth-order valence-corrected chi connectivity index (χ4v) is 4.48. The van der Waals surface area contributed by atoms with Crippen molar-refractivity contribution in [2.75, 3.05) is 13.1 Å². The molecule has 5 rings (SSSR count). The summed E-state index contributed by atoms with van der Waals surface area (Å²) in [7, 11) is 0. The lowest BCUT2D eigenvalue weighted by Crippen LogP contribution is -2.41. The van der Waals surface area contributed by atoms with Crippen molar-refractivity contribution >= 4 is 16.6 Å². The van der Waals surface area contributed by atoms with E-state index in [1.807, 2.05) is 30.3 Å². The van der Waals surface area contributed by atoms with Gasteiger partial charge >= 0.3 is 6.18 Å². The molecule has 2 N–H and O–H groups in total. The van der Waals surface area contributed by atoms with Gasteiger partial charge in [0.2, 0.25) is 0 Å². The number of benzene rings is 1. The van der Waals surface area contributed by atoms with Crippen molar-refractivity contribution in [3.8, 4) is 11.5 Å². The summed E-state index contributed by atoms with van der Waals surface area (Å²) in [5.41, 5.74) is 3.12. The number of halogens is 3. The van der Waals surface area contributed by atoms with Crippen molar-refractivity contribution in [1.29, 1.82) is 0 Å². The van der Waals surface area contributed by atoms with Crippen molar-refractivity contribution in [2.24, 2.45) is 0 Å². The third-order valence-corrected chi connectivity index (χ3v) is 6.23. The number of pyridine rings is 2. The second kappa shape index (κ2) is 8.72. The molecule has 0 radical (unpaired) electrons. The normalized spacial score (nSPS) is 17.8. The monoisotopic (exact) mass is 454 g/mol. The van der Waals surface area contributed by atoms with Gasteiger partial charge in [0.25, 0.3) is 0 Å². The van der Waals surface area contributed by atoms with Gasteiger partial charge in [0.15, 0.2) is 11.5 Å². The molecule has 4 heterocycles. The average molecular weight is 455 g/mol. The topological polar surface area (TPSA) is 67.1 Å². The molecule has 1 saturated heterocycles. The minimum absolute atomic E-state index is 0.0543. The number of fused-ring (bicyclic) bond motifs is 2. The molecular formula is C24H25F3N6. The fourth-order valence-electron chi connectivity index (χ4n) is 4.48. The van der Waals surface area contributed by atoms with Crippen molar-refractivity contribution in [1.82, 2.24) is 30.2 Å². The standard InChI is InChI=1S/C24H25F3N6/c1-2-15-5-3-6-16-8-10-19(30-21(15)16)23-32-31-20-11-9-17(14-33(20)23)22(24(25,26)27)29-13-18-7-4-12-28-18/h3,5-6,8-11,14,18,22,28-29H,2,4,7,12-13H2,1H3/t18-,22+/m0/s1. The SMILES string of the molecule is CCc1cccc2ccc(-c3nnc4ccc([C@@H](NC[C@@H]5CCCN5)C(F)(F)F)cn34)nc12. The molecule has 6 nitrogen and oxygen atoms in total. The summed E-state index contributed by atoms with van der Waals surface area (Å²) in [6.07, 6.45) is -0.280. The molecule has 1 aromatic carbocycles. The molecule has 0 spiro atoms. The lowest BCUT2D eigenvalue weighted by atomic mass is 10.1. The number of nitrogens with zero attached hydrogens (tertiary/aromatic N) is 4. The van der Waals surface area contributed by atoms with Crippen LogP contribution in [0.4, 0.5) is 13.2 Å². The Balaban J connectivity index is 1.53. The van der Waals surface area contributed by atoms with Gasteiger partial charge in [0.05, 0.1) is 5.52 Å². The zero-order valence-corrected chi connectivity index (χ0v) is 18.2. The van der Waals surface area contributed by atoms with Gasteiger partial charge in [-0.25, -0.2) is 4.98 Å². The van der Waals surface area contributed by atoms with Gasteiger partial charge in [-0.1, -0.05) is 37.3 Å². The van der Waals surface area contributed by atoms with E-state index < -0.39 is 12.2 Å². The predicted molar refractivity (Wildman–Crippen MR) is 121 cm³/mol. The molecule has 0 amide bonds. The molecule has 0 bridgehead atoms. The van der Waals surface area contributed by atoms with Gasteiger partial charge in [-0.3, -0.25) is 4.40 Å². The number of aromatic nitrogens is 4. The van der Waals surface area contributed by atoms with E-state index in [2.05, 4.69) is 27.8 Å². The zero-order valence-electron chi connectivity index (χ0n) is 18.2. The quantitative estimate of drug-likeness (QED) is 0.451. The summed E-state index contributed by atoms with van der Waals surface area (Å²) in [5, 5.41) is 15.3. The fraction of sp³-hybridized carbons (Fsp3) is 0.375. The molecule has 1 aliphatic rings. The van der Waals surface area contributed by atoms with E-state index in [9.17, 15) is 13.2 Å². The maximum atomic E-state index is 14.0. The van der Waals surface area contributed by atoms with Crippen LogP contribution >= 0.6 is 0 Å². The number of alkyl halides is 3. The van der Waals surface area contributed by atoms with E-state index in [4.69, 9.17) is 4.98 Å². The Morgan fingerprint density at radius 1 is 1.15 bits per heavy atom. The largest absolute Gasteiger partial charge is 0.407 e. The van der Waals surface area contributed by atoms with Crippen LogP contribution in [-0.4, -0.2) is 44.9 Å². The van der Waals surface area contributed by atoms with Gasteiger partial charge in [0, 0.05) is 24.2 Å². The smallest absolute Gasteiger partial charge is 0.313 e. The average Bonchev–Trinajstić information content (AvgIpc) is 3.47. The van der Waals surface area contributed by atoms with Crippen molar-refractivity contribution in [2.45, 2.75) is 44.4 Å². The molecule has 33 heavy (non-hydrogen) atoms. The first-order valence-corrected chi connectivity index (χ1v) is 11.2. The molecule has 2 atom stereocenters. The molecule has 4 aromatic rings. The molecule has 1 fully saturated rings. The minimum atomic E-state index is -4.43. The summed E-state index contributed by atoms with van der Waals surface area (Å²) in [6.45, 7) is 3.16. The van der Waals surface area contributed by atoms with E-state index in [1.165, 1.54) is 12.3 Å². The summed E-state index contributed by atoms with van der Waals surface area (Å²) >= 11 is 0. The summed E-state index contributed by atoms with van der Waals surface area (Å²) in [5.74, 6) is 0.415. The zero-order chi connectivity index (χ0) is 23.0. The molecule has 172 valence electrons. The maximum absolute atomic E-state index is 14.0. The van der Waals surface area contributed by atoms with Crippen LogP contribution in [0.3, 0.4) is 0 Å². The Labute approximate surface area is 189 Å². The first-order valence-electron chi connectivity index (χ1n) is 11.2. The highest BCUT2D eigenvalue weighted by Crippen LogP contribution is 2.33. The van der Waals surface area contributed by atoms with Crippen LogP contribution in [-0.2, 0) is 6.42 Å². The molecule has 0 aliphatic carbocycles. The summed E-state index contributed by atoms with van der Waals surface area (Å²) < 4.78 is 43.4. The van der Waals surface area contributed by atoms with E-state index >= 15 is 0 Å². The van der Waals surface area contributed by atoms with Crippen LogP contribution in [0.2, 0.25) is 0 Å². The number of hydrogen-bond acceptors (Lipinski definition) is 5. The number of hydrogen-bond donors (Lipinski definition) is 2. The molecular weight excluding hydrogens is 429 g/mol. The van der Waals surface area contributed by atoms with E-state index in [-0.39, 0.29) is 18.2 Å². The highest BCUT2D eigenvalue weighted by Gasteiger charge is 2.41. The lowest BCUT2D eigenvalue weighted by molar-refractivity contribution is -0.158. The van der Waals surface area contributed by atoms with E-state index in [0.29, 0.717) is 17.2 Å². The van der Waals surface area contributed by atoms with Crippen LogP contribution in [0.15, 0.2) is 48.7 Å². The number of nitrogens with one attached hydrogen (secondary N) is 2. The number of rotatable bonds is 6. The van der Waals surface area contributed by atoms with Gasteiger partial charge < -0.3 is 10.6 Å². The van der Waals surface area contributed by atoms with Crippen LogP contribution in [0.5, 0.6) is 0 Å². The third-order valence-electron chi connectivity index (χ3n) is 6.23. The summed E-state index contributed by atoms with van der Waals surface area (Å²) in [4.78, 5) is 4.78. The maximum Gasteiger partial charge on any atom is 0.407 e. The number of para-hydroxylation sites is 1. The minimum Gasteiger partial charge on any atom is -0.313 e. The Bertz CT molecular complexity index is 1280. The highest BCUT2D eigenvalue weighted by molar-refractivity contribution is 5.84. The van der Waals surface area contributed by atoms with E-state index in [1.54, 1.807) is 10.5 Å². The Kier molecular flexibility index (Phi) is 5.76. The first kappa shape index (κ1) is 21.8. The second-order valence-electron chi connectivity index (χ2n) is 8.43. The van der Waals surface area contributed by atoms with Crippen LogP contribution in [0, 0.1) is 0 Å². The first-order chi connectivity index (χ1) is 15.9. The van der Waals surface area contributed by atoms with Crippen molar-refractivity contribution in [3.63, 3.8) is 0 Å². The van der Waals surface area contributed by atoms with Crippen LogP contribution in [0.1, 0.15) is 36.9 Å². The van der Waals surface area contributed by atoms with Crippen molar-refractivity contribution in [3.05, 3.63) is 59.8 Å². The van der Waals surface area contributed by atoms with Gasteiger partial charge in [0.1, 0.15) is 11.7 Å². The Morgan fingerprint density at radius 2 is 2.03 bits per heavy atom. The Hall–Kier alpha value is -3.04. The number of aryl methyl sites for hydroxylation is 1. The van der Waals surface area contributed by atoms with Gasteiger partial charge in [-0.15, -0.1) is 10.2 Å². The molecule has 3 aromatic heterocycles. The Morgan fingerprint density at radius 3 is 2.79 bits per heavy atom. The molecule has 9 heteroatoms. The molecule has 1 aliphatic heterocycles. The van der Waals surface area contributed by atoms with Gasteiger partial charge in [-0.2, -0.15) is 13.2 Å². The predicted octanol–water partition coefficient (Wildman–Crippen LogP) is 4.45. The third kappa shape index (κ3) is 4.30. The molecule has 0 unspecified atom stereocenters. The van der Waals surface area contributed by atoms with Crippen molar-refractivity contribution < 1.29 is 13.2 Å². The highest BCUT2D eigenvalue weighted by atomic mass is 19.4. The van der Waals surface area contributed by atoms with Crippen LogP contribution < -0.4 is 10.6 Å². The van der Waals surface area contributed by atoms with Gasteiger partial charge in [-0.05, 0) is 49.1 Å². The summed E-state index contributed by atoms with van der Waals surface area (Å²) in [6, 6.07) is 11.1. The molecule has 0 saturated carbocycles. The van der Waals surface area contributed by atoms with E-state index in [0.717, 1.165) is 42.3 Å². The lowest BCUT2D eigenvalue weighted by Gasteiger charge is -2.24. The second-order valence-corrected chi connectivity index (χ2v) is 8.43.